The van der Waals surface area contributed by atoms with Crippen LogP contribution in [0.15, 0.2) is 54.7 Å². The summed E-state index contributed by atoms with van der Waals surface area (Å²) in [5, 5.41) is 1.72. The molecule has 1 saturated heterocycles. The first-order valence-electron chi connectivity index (χ1n) is 10.6. The van der Waals surface area contributed by atoms with Crippen LogP contribution in [0, 0.1) is 5.92 Å². The van der Waals surface area contributed by atoms with E-state index in [9.17, 15) is 4.79 Å². The molecule has 0 N–H and O–H groups in total. The second-order valence-corrected chi connectivity index (χ2v) is 8.73. The number of rotatable bonds is 7. The summed E-state index contributed by atoms with van der Waals surface area (Å²) in [7, 11) is 1.97. The van der Waals surface area contributed by atoms with Gasteiger partial charge in [-0.05, 0) is 62.4 Å². The molecule has 1 aliphatic rings. The van der Waals surface area contributed by atoms with Crippen LogP contribution in [0.4, 0.5) is 0 Å². The summed E-state index contributed by atoms with van der Waals surface area (Å²) in [6.07, 6.45) is 7.11. The highest BCUT2D eigenvalue weighted by Crippen LogP contribution is 2.27. The van der Waals surface area contributed by atoms with Gasteiger partial charge in [-0.2, -0.15) is 0 Å². The van der Waals surface area contributed by atoms with Crippen LogP contribution < -0.4 is 0 Å². The Morgan fingerprint density at radius 3 is 2.62 bits per heavy atom. The average Bonchev–Trinajstić information content (AvgIpc) is 3.08. The number of hydrogen-bond acceptors (Lipinski definition) is 2. The molecule has 1 fully saturated rings. The molecular formula is C25H29ClN2O. The molecule has 0 unspecified atom stereocenters. The van der Waals surface area contributed by atoms with E-state index in [2.05, 4.69) is 35.2 Å². The van der Waals surface area contributed by atoms with Crippen molar-refractivity contribution in [2.75, 3.05) is 19.6 Å². The lowest BCUT2D eigenvalue weighted by atomic mass is 9.90. The molecule has 3 nitrogen and oxygen atoms in total. The molecule has 1 aromatic heterocycles. The fourth-order valence-corrected chi connectivity index (χ4v) is 4.65. The maximum Gasteiger partial charge on any atom is 0.165 e. The zero-order valence-electron chi connectivity index (χ0n) is 17.1. The van der Waals surface area contributed by atoms with Gasteiger partial charge in [0, 0.05) is 47.7 Å². The minimum atomic E-state index is 0.254. The van der Waals surface area contributed by atoms with Crippen molar-refractivity contribution in [1.29, 1.82) is 0 Å². The zero-order chi connectivity index (χ0) is 20.2. The zero-order valence-corrected chi connectivity index (χ0v) is 17.9. The van der Waals surface area contributed by atoms with Gasteiger partial charge in [-0.15, -0.1) is 0 Å². The number of carbonyl (C=O) groups excluding carboxylic acids is 1. The molecule has 0 atom stereocenters. The lowest BCUT2D eigenvalue weighted by molar-refractivity contribution is 0.0964. The van der Waals surface area contributed by atoms with Crippen LogP contribution in [0.5, 0.6) is 0 Å². The van der Waals surface area contributed by atoms with E-state index in [1.54, 1.807) is 0 Å². The Bertz CT molecular complexity index is 971. The first kappa shape index (κ1) is 20.2. The standard InChI is InChI=1S/C25H29ClN2O/c1-27-18-23(22-9-8-21(26)17-24(22)27)25(29)10-7-20-12-15-28(16-13-20)14-11-19-5-3-2-4-6-19/h2-6,8-9,17-18,20H,7,10-16H2,1H3. The van der Waals surface area contributed by atoms with Gasteiger partial charge in [0.05, 0.1) is 0 Å². The van der Waals surface area contributed by atoms with Gasteiger partial charge >= 0.3 is 0 Å². The normalized spacial score (nSPS) is 15.8. The average molecular weight is 409 g/mol. The van der Waals surface area contributed by atoms with E-state index in [0.29, 0.717) is 17.4 Å². The van der Waals surface area contributed by atoms with Crippen molar-refractivity contribution in [3.05, 3.63) is 70.9 Å². The number of ketones is 1. The number of hydrogen-bond donors (Lipinski definition) is 0. The highest BCUT2D eigenvalue weighted by Gasteiger charge is 2.21. The second-order valence-electron chi connectivity index (χ2n) is 8.30. The molecule has 29 heavy (non-hydrogen) atoms. The van der Waals surface area contributed by atoms with Gasteiger partial charge in [0.2, 0.25) is 0 Å². The quantitative estimate of drug-likeness (QED) is 0.465. The largest absolute Gasteiger partial charge is 0.350 e. The van der Waals surface area contributed by atoms with Crippen molar-refractivity contribution in [3.63, 3.8) is 0 Å². The Morgan fingerprint density at radius 2 is 1.86 bits per heavy atom. The van der Waals surface area contributed by atoms with Crippen LogP contribution in [0.1, 0.15) is 41.6 Å². The number of aryl methyl sites for hydroxylation is 1. The van der Waals surface area contributed by atoms with E-state index < -0.39 is 0 Å². The maximum atomic E-state index is 12.9. The summed E-state index contributed by atoms with van der Waals surface area (Å²) >= 11 is 6.11. The van der Waals surface area contributed by atoms with Gasteiger partial charge in [0.1, 0.15) is 0 Å². The molecule has 0 aliphatic carbocycles. The third-order valence-electron chi connectivity index (χ3n) is 6.30. The molecule has 3 aromatic rings. The van der Waals surface area contributed by atoms with E-state index in [1.807, 2.05) is 36.0 Å². The molecule has 0 spiro atoms. The number of nitrogens with zero attached hydrogens (tertiary/aromatic N) is 2. The van der Waals surface area contributed by atoms with Gasteiger partial charge in [-0.3, -0.25) is 4.79 Å². The summed E-state index contributed by atoms with van der Waals surface area (Å²) in [6, 6.07) is 16.5. The molecule has 152 valence electrons. The van der Waals surface area contributed by atoms with E-state index in [4.69, 9.17) is 11.6 Å². The van der Waals surface area contributed by atoms with Crippen molar-refractivity contribution in [2.24, 2.45) is 13.0 Å². The van der Waals surface area contributed by atoms with Crippen LogP contribution in [-0.2, 0) is 13.5 Å². The summed E-state index contributed by atoms with van der Waals surface area (Å²) in [6.45, 7) is 3.44. The molecule has 2 aromatic carbocycles. The Hall–Kier alpha value is -2.10. The van der Waals surface area contributed by atoms with Crippen molar-refractivity contribution < 1.29 is 4.79 Å². The van der Waals surface area contributed by atoms with Gasteiger partial charge in [0.25, 0.3) is 0 Å². The van der Waals surface area contributed by atoms with E-state index in [1.165, 1.54) is 18.4 Å². The van der Waals surface area contributed by atoms with E-state index in [0.717, 1.165) is 48.9 Å². The summed E-state index contributed by atoms with van der Waals surface area (Å²) in [4.78, 5) is 15.4. The highest BCUT2D eigenvalue weighted by molar-refractivity contribution is 6.31. The number of benzene rings is 2. The predicted octanol–water partition coefficient (Wildman–Crippen LogP) is 5.75. The number of Topliss-reactive ketones (excluding diaryl/α,β-unsaturated/α-hetero) is 1. The second kappa shape index (κ2) is 9.15. The van der Waals surface area contributed by atoms with Crippen molar-refractivity contribution in [2.45, 2.75) is 32.1 Å². The number of halogens is 1. The Kier molecular flexibility index (Phi) is 6.37. The Balaban J connectivity index is 1.26. The third kappa shape index (κ3) is 4.91. The Labute approximate surface area is 178 Å². The summed E-state index contributed by atoms with van der Waals surface area (Å²) in [5.41, 5.74) is 3.27. The summed E-state index contributed by atoms with van der Waals surface area (Å²) in [5.74, 6) is 0.917. The maximum absolute atomic E-state index is 12.9. The number of piperidine rings is 1. The summed E-state index contributed by atoms with van der Waals surface area (Å²) < 4.78 is 2.00. The Morgan fingerprint density at radius 1 is 1.10 bits per heavy atom. The van der Waals surface area contributed by atoms with Gasteiger partial charge < -0.3 is 9.47 Å². The van der Waals surface area contributed by atoms with Crippen molar-refractivity contribution >= 4 is 28.3 Å². The van der Waals surface area contributed by atoms with Crippen LogP contribution in [-0.4, -0.2) is 34.9 Å². The minimum absolute atomic E-state index is 0.254. The molecule has 0 amide bonds. The minimum Gasteiger partial charge on any atom is -0.350 e. The van der Waals surface area contributed by atoms with Crippen LogP contribution in [0.2, 0.25) is 5.02 Å². The van der Waals surface area contributed by atoms with E-state index >= 15 is 0 Å². The van der Waals surface area contributed by atoms with Crippen LogP contribution in [0.25, 0.3) is 10.9 Å². The number of fused-ring (bicyclic) bond motifs is 1. The first-order chi connectivity index (χ1) is 14.1. The lowest BCUT2D eigenvalue weighted by Gasteiger charge is -2.31. The van der Waals surface area contributed by atoms with Gasteiger partial charge in [0.15, 0.2) is 5.78 Å². The molecule has 1 aliphatic heterocycles. The monoisotopic (exact) mass is 408 g/mol. The molecule has 0 saturated carbocycles. The SMILES string of the molecule is Cn1cc(C(=O)CCC2CCN(CCc3ccccc3)CC2)c2ccc(Cl)cc21. The first-order valence-corrected chi connectivity index (χ1v) is 11.0. The molecule has 0 radical (unpaired) electrons. The molecule has 4 heteroatoms. The van der Waals surface area contributed by atoms with Crippen molar-refractivity contribution in [3.8, 4) is 0 Å². The molecular weight excluding hydrogens is 380 g/mol. The third-order valence-corrected chi connectivity index (χ3v) is 6.53. The fourth-order valence-electron chi connectivity index (χ4n) is 4.48. The highest BCUT2D eigenvalue weighted by atomic mass is 35.5. The lowest BCUT2D eigenvalue weighted by Crippen LogP contribution is -2.35. The van der Waals surface area contributed by atoms with Crippen LogP contribution in [0.3, 0.4) is 0 Å². The van der Waals surface area contributed by atoms with Crippen molar-refractivity contribution in [1.82, 2.24) is 9.47 Å². The molecule has 2 heterocycles. The molecule has 0 bridgehead atoms. The number of likely N-dealkylation sites (tertiary alicyclic amines) is 1. The van der Waals surface area contributed by atoms with Gasteiger partial charge in [-0.25, -0.2) is 0 Å². The predicted molar refractivity (Wildman–Crippen MR) is 121 cm³/mol. The fraction of sp³-hybridized carbons (Fsp3) is 0.400. The number of carbonyl (C=O) groups is 1. The topological polar surface area (TPSA) is 25.2 Å². The van der Waals surface area contributed by atoms with Gasteiger partial charge in [-0.1, -0.05) is 48.0 Å². The number of aromatic nitrogens is 1. The van der Waals surface area contributed by atoms with E-state index in [-0.39, 0.29) is 5.78 Å². The smallest absolute Gasteiger partial charge is 0.165 e. The van der Waals surface area contributed by atoms with Crippen LogP contribution >= 0.6 is 11.6 Å². The molecule has 4 rings (SSSR count).